The Morgan fingerprint density at radius 2 is 1.89 bits per heavy atom. The van der Waals surface area contributed by atoms with Crippen molar-refractivity contribution in [1.82, 2.24) is 0 Å². The number of hydrogen-bond donors (Lipinski definition) is 1. The number of nitrogens with one attached hydrogen (secondary N) is 1. The number of halogens is 2. The van der Waals surface area contributed by atoms with Crippen LogP contribution in [0.3, 0.4) is 0 Å². The number of hydrogen-bond acceptors (Lipinski definition) is 3. The molecule has 0 aliphatic rings. The number of nitrogens with zero attached hydrogens (tertiary/aromatic N) is 1. The lowest BCUT2D eigenvalue weighted by atomic mass is 10.2. The van der Waals surface area contributed by atoms with Crippen LogP contribution in [0.2, 0.25) is 0 Å². The summed E-state index contributed by atoms with van der Waals surface area (Å²) >= 11 is 3.31. The first kappa shape index (κ1) is 13.5. The fraction of sp³-hybridized carbons (Fsp3) is 0.0769. The third-order valence-electron chi connectivity index (χ3n) is 2.57. The van der Waals surface area contributed by atoms with Crippen molar-refractivity contribution in [1.29, 1.82) is 0 Å². The van der Waals surface area contributed by atoms with Crippen LogP contribution in [-0.4, -0.2) is 4.92 Å². The molecule has 98 valence electrons. The third-order valence-corrected chi connectivity index (χ3v) is 3.10. The third kappa shape index (κ3) is 3.29. The summed E-state index contributed by atoms with van der Waals surface area (Å²) in [4.78, 5) is 10.2. The standard InChI is InChI=1S/C13H10BrFN2O2/c14-10-6-4-9(5-7-10)8-16-13-11(15)2-1-3-12(13)17(18)19/h1-7,16H,8H2. The van der Waals surface area contributed by atoms with Crippen LogP contribution in [0.5, 0.6) is 0 Å². The van der Waals surface area contributed by atoms with Crippen LogP contribution in [-0.2, 0) is 6.54 Å². The van der Waals surface area contributed by atoms with Crippen LogP contribution >= 0.6 is 15.9 Å². The first-order valence-corrected chi connectivity index (χ1v) is 6.28. The van der Waals surface area contributed by atoms with Gasteiger partial charge in [0.25, 0.3) is 5.69 Å². The van der Waals surface area contributed by atoms with Crippen LogP contribution < -0.4 is 5.32 Å². The van der Waals surface area contributed by atoms with Crippen LogP contribution in [0.15, 0.2) is 46.9 Å². The minimum atomic E-state index is -0.633. The van der Waals surface area contributed by atoms with Crippen LogP contribution in [0.25, 0.3) is 0 Å². The highest BCUT2D eigenvalue weighted by Crippen LogP contribution is 2.27. The van der Waals surface area contributed by atoms with Gasteiger partial charge < -0.3 is 5.32 Å². The van der Waals surface area contributed by atoms with Gasteiger partial charge in [-0.05, 0) is 23.8 Å². The quantitative estimate of drug-likeness (QED) is 0.680. The van der Waals surface area contributed by atoms with Gasteiger partial charge in [-0.25, -0.2) is 4.39 Å². The second-order valence-corrected chi connectivity index (χ2v) is 4.79. The smallest absolute Gasteiger partial charge is 0.295 e. The summed E-state index contributed by atoms with van der Waals surface area (Å²) in [5.41, 5.74) is 0.549. The lowest BCUT2D eigenvalue weighted by molar-refractivity contribution is -0.384. The number of anilines is 1. The van der Waals surface area contributed by atoms with E-state index >= 15 is 0 Å². The molecule has 1 N–H and O–H groups in total. The van der Waals surface area contributed by atoms with Crippen molar-refractivity contribution < 1.29 is 9.31 Å². The summed E-state index contributed by atoms with van der Waals surface area (Å²) in [7, 11) is 0. The molecular formula is C13H10BrFN2O2. The summed E-state index contributed by atoms with van der Waals surface area (Å²) in [6.45, 7) is 0.315. The van der Waals surface area contributed by atoms with Gasteiger partial charge in [-0.15, -0.1) is 0 Å². The molecule has 0 aliphatic carbocycles. The zero-order chi connectivity index (χ0) is 13.8. The highest BCUT2D eigenvalue weighted by molar-refractivity contribution is 9.10. The predicted molar refractivity (Wildman–Crippen MR) is 74.5 cm³/mol. The van der Waals surface area contributed by atoms with Crippen molar-refractivity contribution >= 4 is 27.3 Å². The zero-order valence-electron chi connectivity index (χ0n) is 9.77. The molecule has 0 aromatic heterocycles. The molecule has 2 rings (SSSR count). The van der Waals surface area contributed by atoms with Crippen LogP contribution in [0.1, 0.15) is 5.56 Å². The van der Waals surface area contributed by atoms with Gasteiger partial charge in [0.05, 0.1) is 4.92 Å². The van der Waals surface area contributed by atoms with E-state index in [1.165, 1.54) is 18.2 Å². The Hall–Kier alpha value is -1.95. The fourth-order valence-electron chi connectivity index (χ4n) is 1.63. The normalized spacial score (nSPS) is 10.2. The molecule has 0 radical (unpaired) electrons. The molecule has 4 nitrogen and oxygen atoms in total. The molecule has 2 aromatic carbocycles. The van der Waals surface area contributed by atoms with E-state index in [1.54, 1.807) is 0 Å². The first-order chi connectivity index (χ1) is 9.08. The summed E-state index contributed by atoms with van der Waals surface area (Å²) in [6.07, 6.45) is 0. The van der Waals surface area contributed by atoms with E-state index in [0.29, 0.717) is 6.54 Å². The van der Waals surface area contributed by atoms with Crippen molar-refractivity contribution in [3.8, 4) is 0 Å². The molecule has 0 spiro atoms. The molecule has 0 fully saturated rings. The Balaban J connectivity index is 2.19. The molecule has 0 saturated carbocycles. The van der Waals surface area contributed by atoms with E-state index < -0.39 is 10.7 Å². The van der Waals surface area contributed by atoms with Crippen molar-refractivity contribution in [2.75, 3.05) is 5.32 Å². The number of nitro benzene ring substituents is 1. The average molecular weight is 325 g/mol. The van der Waals surface area contributed by atoms with E-state index in [2.05, 4.69) is 21.2 Å². The Labute approximate surface area is 117 Å². The lowest BCUT2D eigenvalue weighted by Gasteiger charge is -2.08. The van der Waals surface area contributed by atoms with Gasteiger partial charge in [-0.3, -0.25) is 10.1 Å². The Morgan fingerprint density at radius 1 is 1.21 bits per heavy atom. The average Bonchev–Trinajstić information content (AvgIpc) is 2.39. The lowest BCUT2D eigenvalue weighted by Crippen LogP contribution is -2.04. The predicted octanol–water partition coefficient (Wildman–Crippen LogP) is 4.11. The highest BCUT2D eigenvalue weighted by atomic mass is 79.9. The number of benzene rings is 2. The van der Waals surface area contributed by atoms with E-state index in [1.807, 2.05) is 24.3 Å². The minimum Gasteiger partial charge on any atom is -0.373 e. The Morgan fingerprint density at radius 3 is 2.53 bits per heavy atom. The van der Waals surface area contributed by atoms with Gasteiger partial charge in [0.15, 0.2) is 5.82 Å². The largest absolute Gasteiger partial charge is 0.373 e. The zero-order valence-corrected chi connectivity index (χ0v) is 11.4. The molecule has 0 saturated heterocycles. The van der Waals surface area contributed by atoms with Gasteiger partial charge in [-0.2, -0.15) is 0 Å². The fourth-order valence-corrected chi connectivity index (χ4v) is 1.90. The molecular weight excluding hydrogens is 315 g/mol. The van der Waals surface area contributed by atoms with Gasteiger partial charge >= 0.3 is 0 Å². The van der Waals surface area contributed by atoms with Crippen molar-refractivity contribution in [2.24, 2.45) is 0 Å². The summed E-state index contributed by atoms with van der Waals surface area (Å²) in [6, 6.07) is 11.2. The van der Waals surface area contributed by atoms with E-state index in [4.69, 9.17) is 0 Å². The maximum Gasteiger partial charge on any atom is 0.295 e. The summed E-state index contributed by atoms with van der Waals surface area (Å²) in [5, 5.41) is 13.6. The number of nitro groups is 1. The van der Waals surface area contributed by atoms with Gasteiger partial charge in [-0.1, -0.05) is 34.1 Å². The van der Waals surface area contributed by atoms with Gasteiger partial charge in [0.2, 0.25) is 0 Å². The molecule has 0 aliphatic heterocycles. The van der Waals surface area contributed by atoms with Crippen LogP contribution in [0, 0.1) is 15.9 Å². The van der Waals surface area contributed by atoms with Crippen molar-refractivity contribution in [2.45, 2.75) is 6.54 Å². The Kier molecular flexibility index (Phi) is 4.11. The second kappa shape index (κ2) is 5.79. The maximum atomic E-state index is 13.6. The van der Waals surface area contributed by atoms with E-state index in [0.717, 1.165) is 10.0 Å². The molecule has 19 heavy (non-hydrogen) atoms. The second-order valence-electron chi connectivity index (χ2n) is 3.87. The van der Waals surface area contributed by atoms with Crippen molar-refractivity contribution in [3.63, 3.8) is 0 Å². The molecule has 0 amide bonds. The molecule has 0 atom stereocenters. The summed E-state index contributed by atoms with van der Waals surface area (Å²) < 4.78 is 14.5. The highest BCUT2D eigenvalue weighted by Gasteiger charge is 2.17. The maximum absolute atomic E-state index is 13.6. The van der Waals surface area contributed by atoms with E-state index in [-0.39, 0.29) is 11.4 Å². The molecule has 0 bridgehead atoms. The Bertz CT molecular complexity index is 602. The molecule has 2 aromatic rings. The topological polar surface area (TPSA) is 55.2 Å². The number of para-hydroxylation sites is 1. The first-order valence-electron chi connectivity index (χ1n) is 5.49. The summed E-state index contributed by atoms with van der Waals surface area (Å²) in [5.74, 6) is -0.633. The van der Waals surface area contributed by atoms with Crippen LogP contribution in [0.4, 0.5) is 15.8 Å². The minimum absolute atomic E-state index is 0.0876. The molecule has 0 heterocycles. The SMILES string of the molecule is O=[N+]([O-])c1cccc(F)c1NCc1ccc(Br)cc1. The van der Waals surface area contributed by atoms with Gasteiger partial charge in [0.1, 0.15) is 5.69 Å². The molecule has 0 unspecified atom stereocenters. The monoisotopic (exact) mass is 324 g/mol. The van der Waals surface area contributed by atoms with Gasteiger partial charge in [0, 0.05) is 17.1 Å². The van der Waals surface area contributed by atoms with E-state index in [9.17, 15) is 14.5 Å². The number of rotatable bonds is 4. The van der Waals surface area contributed by atoms with Crippen molar-refractivity contribution in [3.05, 3.63) is 68.4 Å². The molecule has 6 heteroatoms.